The van der Waals surface area contributed by atoms with E-state index in [1.165, 1.54) is 0 Å². The Morgan fingerprint density at radius 1 is 1.18 bits per heavy atom. The van der Waals surface area contributed by atoms with E-state index in [0.717, 1.165) is 38.8 Å². The van der Waals surface area contributed by atoms with Crippen LogP contribution >= 0.6 is 0 Å². The first-order valence-corrected chi connectivity index (χ1v) is 8.58. The Balaban J connectivity index is 2.62. The number of rotatable bonds is 4. The topological polar surface area (TPSA) is 38.8 Å². The van der Waals surface area contributed by atoms with Crippen molar-refractivity contribution in [3.8, 4) is 0 Å². The zero-order chi connectivity index (χ0) is 17.0. The summed E-state index contributed by atoms with van der Waals surface area (Å²) in [6.07, 6.45) is 3.73. The summed E-state index contributed by atoms with van der Waals surface area (Å²) in [5.74, 6) is 0. The van der Waals surface area contributed by atoms with Crippen LogP contribution in [-0.4, -0.2) is 41.9 Å². The van der Waals surface area contributed by atoms with E-state index < -0.39 is 5.60 Å². The molecule has 1 heterocycles. The number of likely N-dealkylation sites (tertiary alicyclic amines) is 1. The molecule has 0 aromatic carbocycles. The monoisotopic (exact) mass is 313 g/mol. The van der Waals surface area contributed by atoms with Crippen molar-refractivity contribution >= 4 is 6.09 Å². The van der Waals surface area contributed by atoms with Crippen LogP contribution < -0.4 is 0 Å². The Kier molecular flexibility index (Phi) is 6.31. The third-order valence-electron chi connectivity index (χ3n) is 4.10. The average molecular weight is 313 g/mol. The third kappa shape index (κ3) is 6.55. The highest BCUT2D eigenvalue weighted by Crippen LogP contribution is 2.30. The Hall–Kier alpha value is -0.770. The molecule has 1 unspecified atom stereocenters. The fourth-order valence-corrected chi connectivity index (χ4v) is 2.66. The maximum Gasteiger partial charge on any atom is 0.410 e. The summed E-state index contributed by atoms with van der Waals surface area (Å²) in [4.78, 5) is 14.1. The molecule has 130 valence electrons. The summed E-state index contributed by atoms with van der Waals surface area (Å²) < 4.78 is 11.8. The summed E-state index contributed by atoms with van der Waals surface area (Å²) in [5, 5.41) is 0. The Morgan fingerprint density at radius 3 is 2.32 bits per heavy atom. The number of hydrogen-bond donors (Lipinski definition) is 0. The summed E-state index contributed by atoms with van der Waals surface area (Å²) in [7, 11) is 0. The maximum atomic E-state index is 12.3. The van der Waals surface area contributed by atoms with Gasteiger partial charge in [-0.3, -0.25) is 0 Å². The van der Waals surface area contributed by atoms with E-state index in [4.69, 9.17) is 9.47 Å². The minimum atomic E-state index is -0.448. The molecule has 0 spiro atoms. The number of carbonyl (C=O) groups excluding carboxylic acids is 1. The quantitative estimate of drug-likeness (QED) is 0.760. The molecule has 1 aliphatic heterocycles. The van der Waals surface area contributed by atoms with Crippen LogP contribution in [0.1, 0.15) is 74.1 Å². The van der Waals surface area contributed by atoms with Gasteiger partial charge in [0.15, 0.2) is 0 Å². The Bertz CT molecular complexity index is 368. The van der Waals surface area contributed by atoms with Crippen LogP contribution in [0.4, 0.5) is 4.79 Å². The summed E-state index contributed by atoms with van der Waals surface area (Å²) >= 11 is 0. The van der Waals surface area contributed by atoms with Crippen molar-refractivity contribution in [3.63, 3.8) is 0 Å². The first kappa shape index (κ1) is 19.3. The van der Waals surface area contributed by atoms with Crippen molar-refractivity contribution in [1.29, 1.82) is 0 Å². The van der Waals surface area contributed by atoms with Gasteiger partial charge in [0.05, 0.1) is 12.1 Å². The lowest BCUT2D eigenvalue weighted by Gasteiger charge is -2.42. The molecule has 0 radical (unpaired) electrons. The van der Waals surface area contributed by atoms with Crippen LogP contribution in [0.3, 0.4) is 0 Å². The zero-order valence-electron chi connectivity index (χ0n) is 15.6. The Morgan fingerprint density at radius 2 is 1.82 bits per heavy atom. The van der Waals surface area contributed by atoms with Gasteiger partial charge in [-0.2, -0.15) is 0 Å². The molecule has 1 atom stereocenters. The number of hydrogen-bond acceptors (Lipinski definition) is 3. The van der Waals surface area contributed by atoms with E-state index in [1.807, 2.05) is 25.7 Å². The fraction of sp³-hybridized carbons (Fsp3) is 0.944. The van der Waals surface area contributed by atoms with Crippen LogP contribution in [0.15, 0.2) is 0 Å². The normalized spacial score (nSPS) is 23.5. The van der Waals surface area contributed by atoms with Crippen molar-refractivity contribution in [2.45, 2.75) is 85.4 Å². The SMILES string of the molecule is CCC1(OCCC(C)(C)C)CCCN(C(=O)OC(C)(C)C)C1. The van der Waals surface area contributed by atoms with Gasteiger partial charge < -0.3 is 14.4 Å². The van der Waals surface area contributed by atoms with Crippen molar-refractivity contribution in [2.75, 3.05) is 19.7 Å². The van der Waals surface area contributed by atoms with Crippen LogP contribution in [0.2, 0.25) is 0 Å². The molecule has 4 heteroatoms. The van der Waals surface area contributed by atoms with Gasteiger partial charge in [0.25, 0.3) is 0 Å². The number of ether oxygens (including phenoxy) is 2. The van der Waals surface area contributed by atoms with E-state index in [-0.39, 0.29) is 17.1 Å². The smallest absolute Gasteiger partial charge is 0.410 e. The predicted octanol–water partition coefficient (Wildman–Crippen LogP) is 4.62. The second-order valence-electron chi connectivity index (χ2n) is 8.70. The van der Waals surface area contributed by atoms with Gasteiger partial charge in [-0.15, -0.1) is 0 Å². The van der Waals surface area contributed by atoms with Crippen LogP contribution in [0.25, 0.3) is 0 Å². The molecule has 0 aromatic heterocycles. The van der Waals surface area contributed by atoms with E-state index in [0.29, 0.717) is 6.54 Å². The standard InChI is InChI=1S/C18H35NO3/c1-8-18(21-13-11-16(2,3)4)10-9-12-19(14-18)15(20)22-17(5,6)7/h8-14H2,1-7H3. The molecule has 0 N–H and O–H groups in total. The minimum absolute atomic E-state index is 0.208. The summed E-state index contributed by atoms with van der Waals surface area (Å²) in [6.45, 7) is 16.7. The number of nitrogens with zero attached hydrogens (tertiary/aromatic N) is 1. The summed E-state index contributed by atoms with van der Waals surface area (Å²) in [5.41, 5.74) is -0.384. The van der Waals surface area contributed by atoms with Gasteiger partial charge in [0.2, 0.25) is 0 Å². The van der Waals surface area contributed by atoms with E-state index in [9.17, 15) is 4.79 Å². The molecular formula is C18H35NO3. The van der Waals surface area contributed by atoms with Crippen LogP contribution in [0.5, 0.6) is 0 Å². The van der Waals surface area contributed by atoms with Gasteiger partial charge in [0, 0.05) is 13.2 Å². The van der Waals surface area contributed by atoms with Crippen molar-refractivity contribution < 1.29 is 14.3 Å². The highest BCUT2D eigenvalue weighted by atomic mass is 16.6. The Labute approximate surface area is 136 Å². The van der Waals surface area contributed by atoms with E-state index in [2.05, 4.69) is 27.7 Å². The maximum absolute atomic E-state index is 12.3. The highest BCUT2D eigenvalue weighted by Gasteiger charge is 2.38. The van der Waals surface area contributed by atoms with Crippen molar-refractivity contribution in [3.05, 3.63) is 0 Å². The first-order valence-electron chi connectivity index (χ1n) is 8.58. The molecule has 0 saturated carbocycles. The molecule has 0 aliphatic carbocycles. The van der Waals surface area contributed by atoms with Crippen molar-refractivity contribution in [1.82, 2.24) is 4.90 Å². The van der Waals surface area contributed by atoms with E-state index >= 15 is 0 Å². The number of carbonyl (C=O) groups is 1. The molecule has 1 aliphatic rings. The molecule has 4 nitrogen and oxygen atoms in total. The molecule has 0 bridgehead atoms. The van der Waals surface area contributed by atoms with E-state index in [1.54, 1.807) is 0 Å². The van der Waals surface area contributed by atoms with Gasteiger partial charge >= 0.3 is 6.09 Å². The molecular weight excluding hydrogens is 278 g/mol. The largest absolute Gasteiger partial charge is 0.444 e. The average Bonchev–Trinajstić information content (AvgIpc) is 2.35. The van der Waals surface area contributed by atoms with Crippen molar-refractivity contribution in [2.24, 2.45) is 5.41 Å². The molecule has 22 heavy (non-hydrogen) atoms. The van der Waals surface area contributed by atoms with Gasteiger partial charge in [-0.1, -0.05) is 27.7 Å². The second kappa shape index (κ2) is 7.20. The lowest BCUT2D eigenvalue weighted by atomic mass is 9.89. The van der Waals surface area contributed by atoms with Crippen LogP contribution in [-0.2, 0) is 9.47 Å². The van der Waals surface area contributed by atoms with Gasteiger partial charge in [0.1, 0.15) is 5.60 Å². The highest BCUT2D eigenvalue weighted by molar-refractivity contribution is 5.68. The van der Waals surface area contributed by atoms with Gasteiger partial charge in [-0.25, -0.2) is 4.79 Å². The molecule has 1 amide bonds. The number of piperidine rings is 1. The fourth-order valence-electron chi connectivity index (χ4n) is 2.66. The van der Waals surface area contributed by atoms with Crippen LogP contribution in [0, 0.1) is 5.41 Å². The summed E-state index contributed by atoms with van der Waals surface area (Å²) in [6, 6.07) is 0. The first-order chi connectivity index (χ1) is 9.96. The molecule has 1 fully saturated rings. The predicted molar refractivity (Wildman–Crippen MR) is 90.1 cm³/mol. The molecule has 1 rings (SSSR count). The molecule has 1 saturated heterocycles. The molecule has 0 aromatic rings. The number of amides is 1. The lowest BCUT2D eigenvalue weighted by Crippen LogP contribution is -2.52. The lowest BCUT2D eigenvalue weighted by molar-refractivity contribution is -0.0982. The zero-order valence-corrected chi connectivity index (χ0v) is 15.6. The minimum Gasteiger partial charge on any atom is -0.444 e. The third-order valence-corrected chi connectivity index (χ3v) is 4.10. The van der Waals surface area contributed by atoms with Gasteiger partial charge in [-0.05, 0) is 51.9 Å². The second-order valence-corrected chi connectivity index (χ2v) is 8.70.